The number of carbonyl (C=O) groups excluding carboxylic acids is 1. The normalized spacial score (nSPS) is 15.7. The highest BCUT2D eigenvalue weighted by Gasteiger charge is 2.31. The number of hydrogen-bond donors (Lipinski definition) is 0. The quantitative estimate of drug-likeness (QED) is 0.573. The molecule has 0 N–H and O–H groups in total. The van der Waals surface area contributed by atoms with Gasteiger partial charge in [-0.2, -0.15) is 4.31 Å². The third kappa shape index (κ3) is 5.13. The van der Waals surface area contributed by atoms with Crippen LogP contribution in [-0.4, -0.2) is 69.8 Å². The lowest BCUT2D eigenvalue weighted by Gasteiger charge is -2.33. The molecule has 0 amide bonds. The molecule has 0 atom stereocenters. The number of hydrogen-bond acceptors (Lipinski definition) is 6. The second-order valence-corrected chi connectivity index (χ2v) is 9.20. The highest BCUT2D eigenvalue weighted by molar-refractivity contribution is 7.89. The average molecular weight is 453 g/mol. The Kier molecular flexibility index (Phi) is 7.36. The molecule has 0 bridgehead atoms. The van der Waals surface area contributed by atoms with E-state index in [9.17, 15) is 13.2 Å². The van der Waals surface area contributed by atoms with Crippen LogP contribution in [0.3, 0.4) is 0 Å². The molecule has 1 saturated heterocycles. The minimum absolute atomic E-state index is 0.00846. The van der Waals surface area contributed by atoms with Gasteiger partial charge in [0.2, 0.25) is 10.0 Å². The maximum Gasteiger partial charge on any atom is 0.246 e. The summed E-state index contributed by atoms with van der Waals surface area (Å²) in [7, 11) is -2.32. The predicted molar refractivity (Wildman–Crippen MR) is 115 cm³/mol. The summed E-state index contributed by atoms with van der Waals surface area (Å²) in [5, 5.41) is 0.328. The third-order valence-corrected chi connectivity index (χ3v) is 7.08. The van der Waals surface area contributed by atoms with Gasteiger partial charge in [0.25, 0.3) is 0 Å². The monoisotopic (exact) mass is 452 g/mol. The molecule has 2 aromatic rings. The van der Waals surface area contributed by atoms with Crippen molar-refractivity contribution in [3.63, 3.8) is 0 Å². The van der Waals surface area contributed by atoms with Crippen LogP contribution in [0.25, 0.3) is 0 Å². The van der Waals surface area contributed by atoms with E-state index in [2.05, 4.69) is 0 Å². The molecule has 1 aliphatic rings. The van der Waals surface area contributed by atoms with E-state index in [4.69, 9.17) is 21.1 Å². The number of piperazine rings is 1. The number of methoxy groups -OCH3 is 1. The van der Waals surface area contributed by atoms with Crippen molar-refractivity contribution < 1.29 is 22.7 Å². The average Bonchev–Trinajstić information content (AvgIpc) is 2.75. The Hall–Kier alpha value is -2.13. The van der Waals surface area contributed by atoms with Crippen LogP contribution in [0.4, 0.5) is 0 Å². The van der Waals surface area contributed by atoms with Gasteiger partial charge in [0.15, 0.2) is 5.78 Å². The van der Waals surface area contributed by atoms with E-state index in [0.29, 0.717) is 30.3 Å². The van der Waals surface area contributed by atoms with Crippen LogP contribution in [0.15, 0.2) is 47.4 Å². The van der Waals surface area contributed by atoms with E-state index < -0.39 is 10.0 Å². The molecule has 3 rings (SSSR count). The molecule has 0 radical (unpaired) electrons. The summed E-state index contributed by atoms with van der Waals surface area (Å²) in [6.45, 7) is 4.21. The zero-order valence-corrected chi connectivity index (χ0v) is 18.6. The fourth-order valence-corrected chi connectivity index (χ4v) is 5.16. The van der Waals surface area contributed by atoms with E-state index in [1.54, 1.807) is 36.4 Å². The summed E-state index contributed by atoms with van der Waals surface area (Å²) in [5.41, 5.74) is 0.608. The van der Waals surface area contributed by atoms with Crippen LogP contribution in [-0.2, 0) is 10.0 Å². The fourth-order valence-electron chi connectivity index (χ4n) is 3.32. The van der Waals surface area contributed by atoms with Crippen LogP contribution >= 0.6 is 11.6 Å². The first-order valence-corrected chi connectivity index (χ1v) is 11.5. The fraction of sp³-hybridized carbons (Fsp3) is 0.381. The molecule has 0 unspecified atom stereocenters. The van der Waals surface area contributed by atoms with Crippen molar-refractivity contribution in [1.29, 1.82) is 0 Å². The minimum Gasteiger partial charge on any atom is -0.495 e. The van der Waals surface area contributed by atoms with E-state index in [-0.39, 0.29) is 36.1 Å². The molecule has 0 aliphatic carbocycles. The minimum atomic E-state index is -3.74. The van der Waals surface area contributed by atoms with Crippen LogP contribution in [0.1, 0.15) is 17.3 Å². The predicted octanol–water partition coefficient (Wildman–Crippen LogP) is 2.94. The second-order valence-electron chi connectivity index (χ2n) is 6.86. The first kappa shape index (κ1) is 22.6. The standard InChI is InChI=1S/C21H25ClN2O5S/c1-3-29-18-7-4-16(5-8-18)19(25)15-23-10-12-24(13-11-23)30(26,27)21-14-17(22)6-9-20(21)28-2/h4-9,14H,3,10-13,15H2,1-2H3. The summed E-state index contributed by atoms with van der Waals surface area (Å²) in [6, 6.07) is 11.6. The number of Topliss-reactive ketones (excluding diaryl/α,β-unsaturated/α-hetero) is 1. The van der Waals surface area contributed by atoms with Gasteiger partial charge in [-0.1, -0.05) is 11.6 Å². The summed E-state index contributed by atoms with van der Waals surface area (Å²) in [5.74, 6) is 0.975. The number of sulfonamides is 1. The SMILES string of the molecule is CCOc1ccc(C(=O)CN2CCN(S(=O)(=O)c3cc(Cl)ccc3OC)CC2)cc1. The lowest BCUT2D eigenvalue weighted by Crippen LogP contribution is -2.49. The van der Waals surface area contributed by atoms with Crippen molar-refractivity contribution in [2.75, 3.05) is 46.4 Å². The van der Waals surface area contributed by atoms with Crippen molar-refractivity contribution in [2.24, 2.45) is 0 Å². The molecule has 0 aromatic heterocycles. The highest BCUT2D eigenvalue weighted by Crippen LogP contribution is 2.30. The maximum absolute atomic E-state index is 13.0. The van der Waals surface area contributed by atoms with E-state index >= 15 is 0 Å². The second kappa shape index (κ2) is 9.78. The first-order valence-electron chi connectivity index (χ1n) is 9.67. The number of rotatable bonds is 8. The number of nitrogens with zero attached hydrogens (tertiary/aromatic N) is 2. The Morgan fingerprint density at radius 2 is 1.73 bits per heavy atom. The molecule has 2 aromatic carbocycles. The molecular formula is C21H25ClN2O5S. The lowest BCUT2D eigenvalue weighted by molar-refractivity contribution is 0.0901. The first-order chi connectivity index (χ1) is 14.3. The molecular weight excluding hydrogens is 428 g/mol. The van der Waals surface area contributed by atoms with Gasteiger partial charge >= 0.3 is 0 Å². The number of carbonyl (C=O) groups is 1. The molecule has 1 aliphatic heterocycles. The van der Waals surface area contributed by atoms with Crippen molar-refractivity contribution in [2.45, 2.75) is 11.8 Å². The molecule has 30 heavy (non-hydrogen) atoms. The third-order valence-electron chi connectivity index (χ3n) is 4.93. The van der Waals surface area contributed by atoms with Crippen molar-refractivity contribution in [1.82, 2.24) is 9.21 Å². The van der Waals surface area contributed by atoms with Crippen LogP contribution in [0.5, 0.6) is 11.5 Å². The molecule has 0 spiro atoms. The lowest BCUT2D eigenvalue weighted by atomic mass is 10.1. The smallest absolute Gasteiger partial charge is 0.246 e. The zero-order valence-electron chi connectivity index (χ0n) is 17.0. The van der Waals surface area contributed by atoms with E-state index in [1.165, 1.54) is 17.5 Å². The summed E-state index contributed by atoms with van der Waals surface area (Å²) in [4.78, 5) is 14.6. The van der Waals surface area contributed by atoms with Gasteiger partial charge in [0, 0.05) is 36.8 Å². The topological polar surface area (TPSA) is 76.2 Å². The summed E-state index contributed by atoms with van der Waals surface area (Å²) < 4.78 is 38.1. The summed E-state index contributed by atoms with van der Waals surface area (Å²) >= 11 is 5.99. The Morgan fingerprint density at radius 3 is 2.33 bits per heavy atom. The van der Waals surface area contributed by atoms with E-state index in [0.717, 1.165) is 5.75 Å². The van der Waals surface area contributed by atoms with Gasteiger partial charge in [-0.15, -0.1) is 0 Å². The molecule has 162 valence electrons. The van der Waals surface area contributed by atoms with Gasteiger partial charge < -0.3 is 9.47 Å². The van der Waals surface area contributed by atoms with E-state index in [1.807, 2.05) is 11.8 Å². The number of benzene rings is 2. The highest BCUT2D eigenvalue weighted by atomic mass is 35.5. The summed E-state index contributed by atoms with van der Waals surface area (Å²) in [6.07, 6.45) is 0. The van der Waals surface area contributed by atoms with Crippen LogP contribution < -0.4 is 9.47 Å². The van der Waals surface area contributed by atoms with Crippen molar-refractivity contribution in [3.05, 3.63) is 53.1 Å². The van der Waals surface area contributed by atoms with Crippen molar-refractivity contribution >= 4 is 27.4 Å². The van der Waals surface area contributed by atoms with Gasteiger partial charge in [0.05, 0.1) is 20.3 Å². The van der Waals surface area contributed by atoms with Crippen LogP contribution in [0.2, 0.25) is 5.02 Å². The van der Waals surface area contributed by atoms with Crippen molar-refractivity contribution in [3.8, 4) is 11.5 Å². The van der Waals surface area contributed by atoms with Gasteiger partial charge in [-0.25, -0.2) is 8.42 Å². The number of ketones is 1. The Bertz CT molecular complexity index is 987. The Morgan fingerprint density at radius 1 is 1.07 bits per heavy atom. The molecule has 9 heteroatoms. The molecule has 7 nitrogen and oxygen atoms in total. The number of halogens is 1. The Labute approximate surface area is 182 Å². The molecule has 1 heterocycles. The van der Waals surface area contributed by atoms with Crippen LogP contribution in [0, 0.1) is 0 Å². The zero-order chi connectivity index (χ0) is 21.7. The van der Waals surface area contributed by atoms with Gasteiger partial charge in [0.1, 0.15) is 16.4 Å². The largest absolute Gasteiger partial charge is 0.495 e. The van der Waals surface area contributed by atoms with Gasteiger partial charge in [-0.3, -0.25) is 9.69 Å². The molecule has 0 saturated carbocycles. The Balaban J connectivity index is 1.62. The van der Waals surface area contributed by atoms with Gasteiger partial charge in [-0.05, 0) is 49.4 Å². The maximum atomic E-state index is 13.0. The number of ether oxygens (including phenoxy) is 2. The molecule has 1 fully saturated rings.